The molecule has 0 atom stereocenters. The van der Waals surface area contributed by atoms with E-state index in [1.165, 1.54) is 0 Å². The van der Waals surface area contributed by atoms with Crippen molar-refractivity contribution in [1.29, 1.82) is 0 Å². The summed E-state index contributed by atoms with van der Waals surface area (Å²) < 4.78 is 1.85. The summed E-state index contributed by atoms with van der Waals surface area (Å²) in [6.07, 6.45) is 3.63. The molecule has 7 heteroatoms. The molecule has 7 nitrogen and oxygen atoms in total. The molecule has 0 spiro atoms. The third-order valence-electron chi connectivity index (χ3n) is 4.26. The molecule has 2 aromatic heterocycles. The third-order valence-corrected chi connectivity index (χ3v) is 4.26. The molecule has 0 saturated heterocycles. The zero-order chi connectivity index (χ0) is 18.3. The summed E-state index contributed by atoms with van der Waals surface area (Å²) in [5, 5.41) is 10.8. The van der Waals surface area contributed by atoms with Gasteiger partial charge in [-0.05, 0) is 35.7 Å². The van der Waals surface area contributed by atoms with Crippen LogP contribution in [0, 0.1) is 5.92 Å². The standard InChI is InChI=1S/C19H19N5O2/c1-11(2)10-24-18-13(9-21-24)5-14(8-20-18)19(26)22-15-3-4-16-12(6-15)7-17(25)23-16/h3-6,8-9,11H,7,10H2,1-2H3,(H,22,26)(H,23,25). The maximum atomic E-state index is 12.5. The van der Waals surface area contributed by atoms with E-state index in [4.69, 9.17) is 0 Å². The summed E-state index contributed by atoms with van der Waals surface area (Å²) in [6, 6.07) is 7.18. The van der Waals surface area contributed by atoms with E-state index in [2.05, 4.69) is 34.6 Å². The molecule has 1 aromatic carbocycles. The number of nitrogens with one attached hydrogen (secondary N) is 2. The van der Waals surface area contributed by atoms with Gasteiger partial charge in [0, 0.05) is 29.5 Å². The molecular formula is C19H19N5O2. The van der Waals surface area contributed by atoms with Crippen LogP contribution in [0.15, 0.2) is 36.7 Å². The summed E-state index contributed by atoms with van der Waals surface area (Å²) in [7, 11) is 0. The molecule has 0 unspecified atom stereocenters. The second-order valence-corrected chi connectivity index (χ2v) is 6.91. The molecule has 0 fully saturated rings. The lowest BCUT2D eigenvalue weighted by Gasteiger charge is -2.08. The third kappa shape index (κ3) is 3.03. The number of amides is 2. The molecule has 3 heterocycles. The van der Waals surface area contributed by atoms with Gasteiger partial charge in [0.05, 0.1) is 18.2 Å². The monoisotopic (exact) mass is 349 g/mol. The van der Waals surface area contributed by atoms with E-state index in [-0.39, 0.29) is 11.8 Å². The Hall–Kier alpha value is -3.22. The SMILES string of the molecule is CC(C)Cn1ncc2cc(C(=O)Nc3ccc4c(c3)CC(=O)N4)cnc21. The first kappa shape index (κ1) is 16.3. The molecule has 0 bridgehead atoms. The Morgan fingerprint density at radius 1 is 1.31 bits per heavy atom. The first-order valence-corrected chi connectivity index (χ1v) is 8.55. The molecule has 26 heavy (non-hydrogen) atoms. The van der Waals surface area contributed by atoms with Crippen LogP contribution in [0.25, 0.3) is 11.0 Å². The number of carbonyl (C=O) groups excluding carboxylic acids is 2. The van der Waals surface area contributed by atoms with Crippen molar-refractivity contribution < 1.29 is 9.59 Å². The average molecular weight is 349 g/mol. The van der Waals surface area contributed by atoms with Gasteiger partial charge in [0.15, 0.2) is 5.65 Å². The van der Waals surface area contributed by atoms with Gasteiger partial charge < -0.3 is 10.6 Å². The number of nitrogens with zero attached hydrogens (tertiary/aromatic N) is 3. The molecule has 0 aliphatic carbocycles. The fourth-order valence-electron chi connectivity index (χ4n) is 3.09. The van der Waals surface area contributed by atoms with Crippen molar-refractivity contribution in [3.05, 3.63) is 47.8 Å². The highest BCUT2D eigenvalue weighted by Crippen LogP contribution is 2.26. The highest BCUT2D eigenvalue weighted by molar-refractivity contribution is 6.06. The first-order chi connectivity index (χ1) is 12.5. The number of pyridine rings is 1. The van der Waals surface area contributed by atoms with Crippen molar-refractivity contribution in [2.24, 2.45) is 5.92 Å². The number of hydrogen-bond donors (Lipinski definition) is 2. The Kier molecular flexibility index (Phi) is 3.91. The fourth-order valence-corrected chi connectivity index (χ4v) is 3.09. The highest BCUT2D eigenvalue weighted by Gasteiger charge is 2.18. The second-order valence-electron chi connectivity index (χ2n) is 6.91. The molecule has 3 aromatic rings. The van der Waals surface area contributed by atoms with Crippen LogP contribution in [-0.2, 0) is 17.8 Å². The lowest BCUT2D eigenvalue weighted by Crippen LogP contribution is -2.12. The predicted octanol–water partition coefficient (Wildman–Crippen LogP) is 2.83. The first-order valence-electron chi connectivity index (χ1n) is 8.55. The average Bonchev–Trinajstić information content (AvgIpc) is 3.16. The lowest BCUT2D eigenvalue weighted by atomic mass is 10.1. The van der Waals surface area contributed by atoms with E-state index >= 15 is 0 Å². The maximum absolute atomic E-state index is 12.5. The van der Waals surface area contributed by atoms with Gasteiger partial charge in [0.25, 0.3) is 5.91 Å². The van der Waals surface area contributed by atoms with Crippen LogP contribution in [0.1, 0.15) is 29.8 Å². The summed E-state index contributed by atoms with van der Waals surface area (Å²) in [5.74, 6) is 0.189. The molecule has 2 amide bonds. The molecule has 2 N–H and O–H groups in total. The van der Waals surface area contributed by atoms with E-state index in [1.807, 2.05) is 10.7 Å². The van der Waals surface area contributed by atoms with Gasteiger partial charge in [0.2, 0.25) is 5.91 Å². The van der Waals surface area contributed by atoms with E-state index in [9.17, 15) is 9.59 Å². The number of anilines is 2. The fraction of sp³-hybridized carbons (Fsp3) is 0.263. The topological polar surface area (TPSA) is 88.9 Å². The van der Waals surface area contributed by atoms with Crippen molar-refractivity contribution in [2.45, 2.75) is 26.8 Å². The number of aromatic nitrogens is 3. The summed E-state index contributed by atoms with van der Waals surface area (Å²) in [4.78, 5) is 28.4. The van der Waals surface area contributed by atoms with Crippen LogP contribution in [0.3, 0.4) is 0 Å². The van der Waals surface area contributed by atoms with Crippen LogP contribution < -0.4 is 10.6 Å². The second kappa shape index (κ2) is 6.25. The van der Waals surface area contributed by atoms with Crippen molar-refractivity contribution in [3.8, 4) is 0 Å². The predicted molar refractivity (Wildman–Crippen MR) is 99.1 cm³/mol. The van der Waals surface area contributed by atoms with Crippen molar-refractivity contribution >= 4 is 34.2 Å². The van der Waals surface area contributed by atoms with Crippen LogP contribution in [-0.4, -0.2) is 26.6 Å². The molecule has 132 valence electrons. The lowest BCUT2D eigenvalue weighted by molar-refractivity contribution is -0.115. The summed E-state index contributed by atoms with van der Waals surface area (Å²) in [6.45, 7) is 5.02. The normalized spacial score (nSPS) is 13.1. The largest absolute Gasteiger partial charge is 0.326 e. The number of rotatable bonds is 4. The Bertz CT molecular complexity index is 1020. The van der Waals surface area contributed by atoms with Crippen molar-refractivity contribution in [1.82, 2.24) is 14.8 Å². The van der Waals surface area contributed by atoms with Crippen molar-refractivity contribution in [2.75, 3.05) is 10.6 Å². The van der Waals surface area contributed by atoms with Crippen LogP contribution in [0.5, 0.6) is 0 Å². The zero-order valence-electron chi connectivity index (χ0n) is 14.6. The van der Waals surface area contributed by atoms with E-state index < -0.39 is 0 Å². The number of benzene rings is 1. The minimum absolute atomic E-state index is 0.0310. The minimum atomic E-state index is -0.242. The Morgan fingerprint density at radius 3 is 2.96 bits per heavy atom. The van der Waals surface area contributed by atoms with Crippen LogP contribution in [0.2, 0.25) is 0 Å². The molecule has 4 rings (SSSR count). The quantitative estimate of drug-likeness (QED) is 0.758. The Balaban J connectivity index is 1.55. The number of carbonyl (C=O) groups is 2. The smallest absolute Gasteiger partial charge is 0.257 e. The zero-order valence-corrected chi connectivity index (χ0v) is 14.6. The summed E-state index contributed by atoms with van der Waals surface area (Å²) >= 11 is 0. The van der Waals surface area contributed by atoms with Crippen LogP contribution in [0.4, 0.5) is 11.4 Å². The highest BCUT2D eigenvalue weighted by atomic mass is 16.2. The van der Waals surface area contributed by atoms with E-state index in [0.29, 0.717) is 23.6 Å². The van der Waals surface area contributed by atoms with Gasteiger partial charge in [-0.2, -0.15) is 5.10 Å². The molecule has 0 radical (unpaired) electrons. The number of fused-ring (bicyclic) bond motifs is 2. The van der Waals surface area contributed by atoms with Gasteiger partial charge in [-0.3, -0.25) is 9.59 Å². The van der Waals surface area contributed by atoms with Gasteiger partial charge in [-0.15, -0.1) is 0 Å². The number of hydrogen-bond acceptors (Lipinski definition) is 4. The molecular weight excluding hydrogens is 330 g/mol. The van der Waals surface area contributed by atoms with Gasteiger partial charge in [0.1, 0.15) is 0 Å². The molecule has 0 saturated carbocycles. The van der Waals surface area contributed by atoms with Gasteiger partial charge in [-0.1, -0.05) is 13.8 Å². The Morgan fingerprint density at radius 2 is 2.15 bits per heavy atom. The van der Waals surface area contributed by atoms with Crippen molar-refractivity contribution in [3.63, 3.8) is 0 Å². The molecule has 1 aliphatic heterocycles. The van der Waals surface area contributed by atoms with E-state index in [0.717, 1.165) is 28.8 Å². The summed E-state index contributed by atoms with van der Waals surface area (Å²) in [5.41, 5.74) is 3.58. The minimum Gasteiger partial charge on any atom is -0.326 e. The molecule has 1 aliphatic rings. The van der Waals surface area contributed by atoms with Gasteiger partial charge >= 0.3 is 0 Å². The Labute approximate surface area is 150 Å². The van der Waals surface area contributed by atoms with E-state index in [1.54, 1.807) is 30.6 Å². The van der Waals surface area contributed by atoms with Gasteiger partial charge in [-0.25, -0.2) is 9.67 Å². The maximum Gasteiger partial charge on any atom is 0.257 e. The van der Waals surface area contributed by atoms with Crippen LogP contribution >= 0.6 is 0 Å².